The molecule has 0 saturated heterocycles. The number of carboxylic acids is 1. The van der Waals surface area contributed by atoms with E-state index >= 15 is 0 Å². The van der Waals surface area contributed by atoms with Crippen LogP contribution in [0.2, 0.25) is 0 Å². The summed E-state index contributed by atoms with van der Waals surface area (Å²) in [5.41, 5.74) is 4.59. The third-order valence-corrected chi connectivity index (χ3v) is 5.42. The van der Waals surface area contributed by atoms with Gasteiger partial charge in [-0.05, 0) is 48.4 Å². The SMILES string of the molecule is CC(C)CC(C(=O)O)N(C(=O)OCC1c2ccccc2-c2ccccc21)C(C)C. The average Bonchev–Trinajstić information content (AvgIpc) is 2.99. The van der Waals surface area contributed by atoms with Crippen molar-refractivity contribution in [3.63, 3.8) is 0 Å². The Balaban J connectivity index is 1.81. The van der Waals surface area contributed by atoms with Gasteiger partial charge in [0.05, 0.1) is 0 Å². The minimum absolute atomic E-state index is 0.0475. The predicted octanol–water partition coefficient (Wildman–Crippen LogP) is 5.15. The Hall–Kier alpha value is -2.82. The van der Waals surface area contributed by atoms with Crippen LogP contribution in [0.3, 0.4) is 0 Å². The lowest BCUT2D eigenvalue weighted by atomic mass is 9.98. The Morgan fingerprint density at radius 1 is 0.966 bits per heavy atom. The van der Waals surface area contributed by atoms with Crippen LogP contribution < -0.4 is 0 Å². The number of hydrogen-bond acceptors (Lipinski definition) is 3. The molecule has 2 aromatic rings. The van der Waals surface area contributed by atoms with E-state index in [0.717, 1.165) is 22.3 Å². The van der Waals surface area contributed by atoms with E-state index in [1.54, 1.807) is 0 Å². The maximum absolute atomic E-state index is 12.9. The van der Waals surface area contributed by atoms with Crippen molar-refractivity contribution in [1.29, 1.82) is 0 Å². The van der Waals surface area contributed by atoms with Crippen molar-refractivity contribution in [2.24, 2.45) is 5.92 Å². The summed E-state index contributed by atoms with van der Waals surface area (Å²) in [5, 5.41) is 9.68. The van der Waals surface area contributed by atoms with Crippen molar-refractivity contribution < 1.29 is 19.4 Å². The Kier molecular flexibility index (Phi) is 6.26. The lowest BCUT2D eigenvalue weighted by molar-refractivity contribution is -0.144. The van der Waals surface area contributed by atoms with Gasteiger partial charge in [-0.15, -0.1) is 0 Å². The number of nitrogens with zero attached hydrogens (tertiary/aromatic N) is 1. The molecular formula is C24H29NO4. The Morgan fingerprint density at radius 3 is 1.93 bits per heavy atom. The van der Waals surface area contributed by atoms with Crippen molar-refractivity contribution in [2.75, 3.05) is 6.61 Å². The molecule has 0 spiro atoms. The van der Waals surface area contributed by atoms with E-state index in [0.29, 0.717) is 6.42 Å². The van der Waals surface area contributed by atoms with Crippen LogP contribution in [0.15, 0.2) is 48.5 Å². The quantitative estimate of drug-likeness (QED) is 0.704. The van der Waals surface area contributed by atoms with E-state index in [4.69, 9.17) is 4.74 Å². The van der Waals surface area contributed by atoms with Crippen LogP contribution in [0.1, 0.15) is 51.2 Å². The summed E-state index contributed by atoms with van der Waals surface area (Å²) in [6, 6.07) is 15.1. The van der Waals surface area contributed by atoms with E-state index < -0.39 is 18.1 Å². The number of benzene rings is 2. The number of rotatable bonds is 7. The van der Waals surface area contributed by atoms with Gasteiger partial charge in [-0.2, -0.15) is 0 Å². The third kappa shape index (κ3) is 4.29. The molecule has 2 aromatic carbocycles. The molecule has 29 heavy (non-hydrogen) atoms. The normalized spacial score (nSPS) is 13.9. The second-order valence-corrected chi connectivity index (χ2v) is 8.29. The summed E-state index contributed by atoms with van der Waals surface area (Å²) in [6.07, 6.45) is -0.188. The zero-order valence-electron chi connectivity index (χ0n) is 17.5. The number of carboxylic acid groups (broad SMARTS) is 1. The summed E-state index contributed by atoms with van der Waals surface area (Å²) >= 11 is 0. The molecule has 1 aliphatic carbocycles. The topological polar surface area (TPSA) is 66.8 Å². The fourth-order valence-electron chi connectivity index (χ4n) is 4.15. The number of carbonyl (C=O) groups excluding carboxylic acids is 1. The molecule has 0 aromatic heterocycles. The van der Waals surface area contributed by atoms with Crippen LogP contribution in [0, 0.1) is 5.92 Å². The van der Waals surface area contributed by atoms with E-state index in [1.165, 1.54) is 4.90 Å². The van der Waals surface area contributed by atoms with Gasteiger partial charge in [0.25, 0.3) is 0 Å². The molecule has 0 radical (unpaired) electrons. The molecule has 0 bridgehead atoms. The molecule has 3 rings (SSSR count). The maximum atomic E-state index is 12.9. The predicted molar refractivity (Wildman–Crippen MR) is 113 cm³/mol. The number of aliphatic carboxylic acids is 1. The molecule has 1 unspecified atom stereocenters. The molecule has 0 heterocycles. The van der Waals surface area contributed by atoms with Crippen molar-refractivity contribution in [3.05, 3.63) is 59.7 Å². The highest BCUT2D eigenvalue weighted by atomic mass is 16.6. The highest BCUT2D eigenvalue weighted by molar-refractivity contribution is 5.81. The second-order valence-electron chi connectivity index (χ2n) is 8.29. The van der Waals surface area contributed by atoms with Gasteiger partial charge < -0.3 is 9.84 Å². The first-order valence-electron chi connectivity index (χ1n) is 10.2. The minimum atomic E-state index is -0.999. The summed E-state index contributed by atoms with van der Waals surface area (Å²) in [7, 11) is 0. The minimum Gasteiger partial charge on any atom is -0.480 e. The molecule has 5 nitrogen and oxygen atoms in total. The molecule has 1 atom stereocenters. The zero-order valence-corrected chi connectivity index (χ0v) is 17.5. The van der Waals surface area contributed by atoms with E-state index in [-0.39, 0.29) is 24.5 Å². The van der Waals surface area contributed by atoms with Gasteiger partial charge in [-0.3, -0.25) is 4.90 Å². The maximum Gasteiger partial charge on any atom is 0.410 e. The lowest BCUT2D eigenvalue weighted by Crippen LogP contribution is -2.49. The van der Waals surface area contributed by atoms with Gasteiger partial charge in [0.15, 0.2) is 0 Å². The molecule has 1 aliphatic rings. The van der Waals surface area contributed by atoms with Gasteiger partial charge in [0.1, 0.15) is 12.6 Å². The van der Waals surface area contributed by atoms with Crippen LogP contribution >= 0.6 is 0 Å². The first-order valence-corrected chi connectivity index (χ1v) is 10.2. The fourth-order valence-corrected chi connectivity index (χ4v) is 4.15. The summed E-state index contributed by atoms with van der Waals surface area (Å²) in [5.74, 6) is -0.895. The largest absolute Gasteiger partial charge is 0.480 e. The smallest absolute Gasteiger partial charge is 0.410 e. The molecule has 0 saturated carbocycles. The Bertz CT molecular complexity index is 844. The van der Waals surface area contributed by atoms with Gasteiger partial charge in [-0.1, -0.05) is 62.4 Å². The molecule has 0 fully saturated rings. The second kappa shape index (κ2) is 8.68. The van der Waals surface area contributed by atoms with Gasteiger partial charge in [-0.25, -0.2) is 9.59 Å². The fraction of sp³-hybridized carbons (Fsp3) is 0.417. The monoisotopic (exact) mass is 395 g/mol. The highest BCUT2D eigenvalue weighted by Crippen LogP contribution is 2.44. The lowest BCUT2D eigenvalue weighted by Gasteiger charge is -2.33. The standard InChI is InChI=1S/C24H29NO4/c1-15(2)13-22(23(26)27)25(16(3)4)24(28)29-14-21-19-11-7-5-9-17(19)18-10-6-8-12-20(18)21/h5-12,15-16,21-22H,13-14H2,1-4H3,(H,26,27). The van der Waals surface area contributed by atoms with Crippen molar-refractivity contribution in [3.8, 4) is 11.1 Å². The van der Waals surface area contributed by atoms with E-state index in [1.807, 2.05) is 52.0 Å². The molecule has 154 valence electrons. The third-order valence-electron chi connectivity index (χ3n) is 5.42. The molecule has 0 aliphatic heterocycles. The van der Waals surface area contributed by atoms with Crippen LogP contribution in [0.5, 0.6) is 0 Å². The van der Waals surface area contributed by atoms with Crippen LogP contribution in [0.25, 0.3) is 11.1 Å². The van der Waals surface area contributed by atoms with E-state index in [9.17, 15) is 14.7 Å². The number of fused-ring (bicyclic) bond motifs is 3. The Morgan fingerprint density at radius 2 is 1.48 bits per heavy atom. The average molecular weight is 395 g/mol. The van der Waals surface area contributed by atoms with Crippen molar-refractivity contribution in [2.45, 2.75) is 52.1 Å². The van der Waals surface area contributed by atoms with Crippen LogP contribution in [-0.2, 0) is 9.53 Å². The van der Waals surface area contributed by atoms with Crippen molar-refractivity contribution >= 4 is 12.1 Å². The first kappa shape index (κ1) is 20.9. The van der Waals surface area contributed by atoms with Gasteiger partial charge in [0, 0.05) is 12.0 Å². The van der Waals surface area contributed by atoms with Crippen LogP contribution in [0.4, 0.5) is 4.79 Å². The molecule has 5 heteroatoms. The van der Waals surface area contributed by atoms with Gasteiger partial charge >= 0.3 is 12.1 Å². The summed E-state index contributed by atoms with van der Waals surface area (Å²) < 4.78 is 5.70. The zero-order chi connectivity index (χ0) is 21.1. The molecular weight excluding hydrogens is 366 g/mol. The van der Waals surface area contributed by atoms with Crippen LogP contribution in [-0.4, -0.2) is 40.8 Å². The number of carbonyl (C=O) groups is 2. The molecule has 1 N–H and O–H groups in total. The first-order chi connectivity index (χ1) is 13.8. The summed E-state index contributed by atoms with van der Waals surface area (Å²) in [6.45, 7) is 7.72. The van der Waals surface area contributed by atoms with Gasteiger partial charge in [0.2, 0.25) is 0 Å². The van der Waals surface area contributed by atoms with Crippen molar-refractivity contribution in [1.82, 2.24) is 4.90 Å². The Labute approximate surface area is 172 Å². The number of hydrogen-bond donors (Lipinski definition) is 1. The van der Waals surface area contributed by atoms with E-state index in [2.05, 4.69) is 24.3 Å². The number of ether oxygens (including phenoxy) is 1. The highest BCUT2D eigenvalue weighted by Gasteiger charge is 2.35. The number of amides is 1. The summed E-state index contributed by atoms with van der Waals surface area (Å²) in [4.78, 5) is 26.1. The molecule has 1 amide bonds.